The molecule has 0 bridgehead atoms. The van der Waals surface area contributed by atoms with Gasteiger partial charge in [0.2, 0.25) is 23.3 Å². The van der Waals surface area contributed by atoms with E-state index in [0.29, 0.717) is 17.6 Å². The van der Waals surface area contributed by atoms with Crippen molar-refractivity contribution in [1.29, 1.82) is 0 Å². The number of nitrogens with two attached hydrogens (primary N) is 1. The number of carbonyl (C=O) groups excluding carboxylic acids is 5. The van der Waals surface area contributed by atoms with Gasteiger partial charge >= 0.3 is 5.97 Å². The Bertz CT molecular complexity index is 2400. The Morgan fingerprint density at radius 1 is 0.838 bits per heavy atom. The van der Waals surface area contributed by atoms with Crippen LogP contribution in [0, 0.1) is 0 Å². The van der Waals surface area contributed by atoms with Crippen molar-refractivity contribution in [2.75, 3.05) is 60.0 Å². The number of carboxylic acids is 1. The number of hydrogen-bond donors (Lipinski definition) is 4. The van der Waals surface area contributed by atoms with Crippen LogP contribution in [0.4, 0.5) is 5.13 Å². The number of aromatic nitrogens is 1. The predicted molar refractivity (Wildman–Crippen MR) is 264 cm³/mol. The molecular formula is C46H58N8O11S3. The van der Waals surface area contributed by atoms with Crippen molar-refractivity contribution in [2.45, 2.75) is 37.8 Å². The number of thiazole rings is 1. The quantitative estimate of drug-likeness (QED) is 0.0572. The summed E-state index contributed by atoms with van der Waals surface area (Å²) in [5, 5.41) is 18.2. The topological polar surface area (TPSA) is 263 Å². The number of oxime groups is 1. The number of fused-ring (bicyclic) bond motifs is 1. The summed E-state index contributed by atoms with van der Waals surface area (Å²) in [6.07, 6.45) is 2.14. The number of carbonyl (C=O) groups is 6. The largest absolute Gasteiger partial charge is 0.477 e. The molecule has 2 atom stereocenters. The highest BCUT2D eigenvalue weighted by Crippen LogP contribution is 2.42. The van der Waals surface area contributed by atoms with Gasteiger partial charge in [0.15, 0.2) is 10.8 Å². The third-order valence-electron chi connectivity index (χ3n) is 9.42. The number of carboxylic acid groups (broad SMARTS) is 1. The average molecular weight is 995 g/mol. The Morgan fingerprint density at radius 2 is 1.22 bits per heavy atom. The molecule has 1 saturated heterocycles. The first kappa shape index (κ1) is 57.2. The van der Waals surface area contributed by atoms with Gasteiger partial charge in [0, 0.05) is 90.9 Å². The molecule has 2 aliphatic heterocycles. The molecule has 4 aromatic rings. The van der Waals surface area contributed by atoms with E-state index in [1.54, 1.807) is 47.7 Å². The number of rotatable bonds is 10. The molecule has 2 unspecified atom stereocenters. The Balaban J connectivity index is 0.000000570. The lowest BCUT2D eigenvalue weighted by Gasteiger charge is -2.49. The second kappa shape index (κ2) is 26.5. The van der Waals surface area contributed by atoms with Crippen LogP contribution in [0.3, 0.4) is 0 Å². The van der Waals surface area contributed by atoms with Crippen LogP contribution in [0.1, 0.15) is 43.2 Å². The molecule has 1 aromatic heterocycles. The summed E-state index contributed by atoms with van der Waals surface area (Å²) in [4.78, 5) is 85.9. The number of thioether (sulfide) groups is 1. The minimum absolute atomic E-state index is 0.0926. The smallest absolute Gasteiger partial charge is 0.352 e. The van der Waals surface area contributed by atoms with E-state index in [4.69, 9.17) is 15.1 Å². The second-order valence-electron chi connectivity index (χ2n) is 15.1. The fraction of sp³-hybridized carbons (Fsp3) is 0.304. The third-order valence-corrected chi connectivity index (χ3v) is 11.4. The number of amides is 5. The summed E-state index contributed by atoms with van der Waals surface area (Å²) in [6, 6.07) is 27.6. The first-order valence-corrected chi connectivity index (χ1v) is 24.0. The van der Waals surface area contributed by atoms with E-state index >= 15 is 0 Å². The van der Waals surface area contributed by atoms with E-state index in [0.717, 1.165) is 28.0 Å². The molecule has 0 saturated carbocycles. The minimum Gasteiger partial charge on any atom is -0.477 e. The highest BCUT2D eigenvalue weighted by atomic mass is 32.2. The van der Waals surface area contributed by atoms with Crippen molar-refractivity contribution >= 4 is 79.6 Å². The molecule has 68 heavy (non-hydrogen) atoms. The van der Waals surface area contributed by atoms with Gasteiger partial charge in [0.05, 0.1) is 6.26 Å². The van der Waals surface area contributed by atoms with Crippen molar-refractivity contribution < 1.29 is 51.7 Å². The van der Waals surface area contributed by atoms with E-state index in [1.165, 1.54) is 58.2 Å². The van der Waals surface area contributed by atoms with Gasteiger partial charge in [0.1, 0.15) is 22.8 Å². The molecule has 2 aliphatic rings. The summed E-state index contributed by atoms with van der Waals surface area (Å²) >= 11 is 2.46. The van der Waals surface area contributed by atoms with E-state index in [9.17, 15) is 42.3 Å². The molecule has 0 aliphatic carbocycles. The summed E-state index contributed by atoms with van der Waals surface area (Å²) < 4.78 is 25.9. The maximum Gasteiger partial charge on any atom is 0.352 e. The first-order chi connectivity index (χ1) is 31.8. The zero-order valence-corrected chi connectivity index (χ0v) is 41.9. The standard InChI is InChI=1S/C33H27N5O5S2.3C4H9NO.CH4O3S/c1-2-20-18-44-30-26(29(40)38(30)27(20)31(41)42)36-28(39)25(24-19-45-32(34)35-24)37-43-33(21-12-6-3-7-13-21,22-14-8-4-9-15-22)23-16-10-5-11-17-23;3*1-4(6)5(2)3;1-5(2,3)4/h2-17,19,26,30H,1,18H2,(H2,34,35)(H,36,39)(H,41,42);3*1-3H3;1H3,(H,2,3,4)/b37-25+;;;;. The van der Waals surface area contributed by atoms with Gasteiger partial charge < -0.3 is 35.7 Å². The van der Waals surface area contributed by atoms with Gasteiger partial charge in [-0.15, -0.1) is 23.1 Å². The molecule has 5 N–H and O–H groups in total. The van der Waals surface area contributed by atoms with Crippen molar-refractivity contribution in [3.63, 3.8) is 0 Å². The lowest BCUT2D eigenvalue weighted by atomic mass is 9.80. The fourth-order valence-corrected chi connectivity index (χ4v) is 7.29. The van der Waals surface area contributed by atoms with Crippen LogP contribution in [0.15, 0.2) is 125 Å². The van der Waals surface area contributed by atoms with Crippen molar-refractivity contribution in [3.8, 4) is 0 Å². The van der Waals surface area contributed by atoms with Crippen LogP contribution >= 0.6 is 23.1 Å². The number of aliphatic carboxylic acids is 1. The number of benzene rings is 3. The predicted octanol–water partition coefficient (Wildman–Crippen LogP) is 4.15. The van der Waals surface area contributed by atoms with Crippen molar-refractivity contribution in [2.24, 2.45) is 5.16 Å². The number of nitrogens with zero attached hydrogens (tertiary/aromatic N) is 6. The van der Waals surface area contributed by atoms with Crippen LogP contribution in [0.5, 0.6) is 0 Å². The Hall–Kier alpha value is -6.88. The highest BCUT2D eigenvalue weighted by Gasteiger charge is 2.54. The monoisotopic (exact) mass is 994 g/mol. The number of hydrogen-bond acceptors (Lipinski definition) is 14. The van der Waals surface area contributed by atoms with Crippen LogP contribution in [-0.4, -0.2) is 150 Å². The molecule has 22 heteroatoms. The zero-order valence-electron chi connectivity index (χ0n) is 39.4. The van der Waals surface area contributed by atoms with Gasteiger partial charge in [-0.1, -0.05) is 109 Å². The average Bonchev–Trinajstić information content (AvgIpc) is 3.72. The van der Waals surface area contributed by atoms with Gasteiger partial charge in [-0.2, -0.15) is 8.42 Å². The molecule has 3 heterocycles. The third kappa shape index (κ3) is 16.8. The van der Waals surface area contributed by atoms with Crippen molar-refractivity contribution in [1.82, 2.24) is 29.9 Å². The summed E-state index contributed by atoms with van der Waals surface area (Å²) in [5.41, 5.74) is 7.23. The summed E-state index contributed by atoms with van der Waals surface area (Å²) in [5.74, 6) is -1.91. The van der Waals surface area contributed by atoms with Crippen LogP contribution in [0.25, 0.3) is 0 Å². The lowest BCUT2D eigenvalue weighted by Crippen LogP contribution is -2.71. The van der Waals surface area contributed by atoms with E-state index in [1.807, 2.05) is 91.0 Å². The zero-order chi connectivity index (χ0) is 51.5. The number of β-lactam (4-membered cyclic amide) rings is 1. The van der Waals surface area contributed by atoms with E-state index in [-0.39, 0.29) is 40.0 Å². The van der Waals surface area contributed by atoms with Crippen LogP contribution in [0.2, 0.25) is 0 Å². The number of nitrogen functional groups attached to an aromatic ring is 1. The van der Waals surface area contributed by atoms with E-state index < -0.39 is 44.9 Å². The molecule has 0 spiro atoms. The SMILES string of the molecule is C=CC1=C(C(=O)O)N2C(=O)C(NC(=O)/C(=N/OC(c3ccccc3)(c3ccccc3)c3ccccc3)c3csc(N)n3)C2SC1.CC(=O)N(C)C.CC(=O)N(C)C.CC(=O)N(C)C.CS(=O)(=O)O. The number of nitrogens with one attached hydrogen (secondary N) is 1. The molecule has 6 rings (SSSR count). The minimum atomic E-state index is -3.67. The summed E-state index contributed by atoms with van der Waals surface area (Å²) in [6.45, 7) is 8.25. The van der Waals surface area contributed by atoms with Gasteiger partial charge in [-0.05, 0) is 5.57 Å². The molecule has 19 nitrogen and oxygen atoms in total. The van der Waals surface area contributed by atoms with Crippen LogP contribution in [-0.2, 0) is 49.3 Å². The number of allylic oxidation sites excluding steroid dienone is 1. The first-order valence-electron chi connectivity index (χ1n) is 20.2. The molecule has 3 aromatic carbocycles. The van der Waals surface area contributed by atoms with Gasteiger partial charge in [0.25, 0.3) is 21.9 Å². The maximum atomic E-state index is 13.9. The normalized spacial score (nSPS) is 14.9. The lowest BCUT2D eigenvalue weighted by molar-refractivity contribution is -0.150. The molecule has 5 amide bonds. The van der Waals surface area contributed by atoms with Gasteiger partial charge in [-0.3, -0.25) is 33.4 Å². The van der Waals surface area contributed by atoms with Crippen LogP contribution < -0.4 is 11.1 Å². The molecule has 0 radical (unpaired) electrons. The van der Waals surface area contributed by atoms with E-state index in [2.05, 4.69) is 22.0 Å². The van der Waals surface area contributed by atoms with Crippen molar-refractivity contribution in [3.05, 3.63) is 143 Å². The Morgan fingerprint density at radius 3 is 1.53 bits per heavy atom. The fourth-order valence-electron chi connectivity index (χ4n) is 5.40. The highest BCUT2D eigenvalue weighted by molar-refractivity contribution is 8.00. The Kier molecular flexibility index (Phi) is 22.3. The Labute approximate surface area is 405 Å². The summed E-state index contributed by atoms with van der Waals surface area (Å²) in [7, 11) is 6.68. The maximum absolute atomic E-state index is 13.9. The molecule has 1 fully saturated rings. The molecule has 366 valence electrons. The second-order valence-corrected chi connectivity index (χ2v) is 18.6. The molecular weight excluding hydrogens is 937 g/mol. The van der Waals surface area contributed by atoms with Gasteiger partial charge in [-0.25, -0.2) is 9.78 Å². The number of anilines is 1.